The van der Waals surface area contributed by atoms with Crippen molar-refractivity contribution in [2.45, 2.75) is 19.8 Å². The summed E-state index contributed by atoms with van der Waals surface area (Å²) >= 11 is 0. The van der Waals surface area contributed by atoms with Gasteiger partial charge in [0.05, 0.1) is 12.8 Å². The zero-order chi connectivity index (χ0) is 20.9. The fourth-order valence-electron chi connectivity index (χ4n) is 3.64. The van der Waals surface area contributed by atoms with Crippen LogP contribution >= 0.6 is 0 Å². The van der Waals surface area contributed by atoms with Crippen LogP contribution in [0.3, 0.4) is 0 Å². The van der Waals surface area contributed by atoms with Crippen LogP contribution < -0.4 is 20.3 Å². The van der Waals surface area contributed by atoms with Crippen molar-refractivity contribution >= 4 is 23.2 Å². The highest BCUT2D eigenvalue weighted by Crippen LogP contribution is 2.30. The first-order valence-corrected chi connectivity index (χ1v) is 10.0. The molecule has 30 heavy (non-hydrogen) atoms. The third-order valence-electron chi connectivity index (χ3n) is 5.08. The molecule has 0 radical (unpaired) electrons. The largest absolute Gasteiger partial charge is 0.495 e. The summed E-state index contributed by atoms with van der Waals surface area (Å²) in [6, 6.07) is 13.0. The van der Waals surface area contributed by atoms with Gasteiger partial charge in [-0.2, -0.15) is 0 Å². The van der Waals surface area contributed by atoms with E-state index < -0.39 is 0 Å². The predicted octanol–water partition coefficient (Wildman–Crippen LogP) is 4.70. The summed E-state index contributed by atoms with van der Waals surface area (Å²) in [6.45, 7) is 3.94. The average molecular weight is 403 g/mol. The van der Waals surface area contributed by atoms with E-state index >= 15 is 0 Å². The molecule has 1 aliphatic heterocycles. The van der Waals surface area contributed by atoms with E-state index in [0.29, 0.717) is 17.1 Å². The molecule has 2 aromatic carbocycles. The minimum Gasteiger partial charge on any atom is -0.495 e. The van der Waals surface area contributed by atoms with Crippen LogP contribution in [0.2, 0.25) is 0 Å². The molecule has 0 spiro atoms. The second kappa shape index (κ2) is 8.82. The Morgan fingerprint density at radius 3 is 2.63 bits per heavy atom. The van der Waals surface area contributed by atoms with Crippen molar-refractivity contribution in [1.82, 2.24) is 9.97 Å². The number of hydrogen-bond donors (Lipinski definition) is 2. The molecule has 154 valence electrons. The number of rotatable bonds is 5. The van der Waals surface area contributed by atoms with Gasteiger partial charge >= 0.3 is 6.03 Å². The molecule has 2 N–H and O–H groups in total. The Kier molecular flexibility index (Phi) is 5.79. The molecule has 4 rings (SSSR count). The normalized spacial score (nSPS) is 13.2. The smallest absolute Gasteiger partial charge is 0.323 e. The number of aromatic nitrogens is 2. The fraction of sp³-hybridized carbons (Fsp3) is 0.261. The number of benzene rings is 2. The minimum absolute atomic E-state index is 0.338. The predicted molar refractivity (Wildman–Crippen MR) is 119 cm³/mol. The first-order valence-electron chi connectivity index (χ1n) is 10.0. The Morgan fingerprint density at radius 2 is 1.83 bits per heavy atom. The van der Waals surface area contributed by atoms with Crippen molar-refractivity contribution in [3.05, 3.63) is 60.4 Å². The minimum atomic E-state index is -0.338. The lowest BCUT2D eigenvalue weighted by Crippen LogP contribution is -2.20. The van der Waals surface area contributed by atoms with Crippen LogP contribution in [0.15, 0.2) is 54.9 Å². The second-order valence-corrected chi connectivity index (χ2v) is 7.29. The molecule has 0 atom stereocenters. The van der Waals surface area contributed by atoms with Crippen molar-refractivity contribution in [2.75, 3.05) is 35.7 Å². The van der Waals surface area contributed by atoms with E-state index in [2.05, 4.69) is 25.5 Å². The first kappa shape index (κ1) is 19.7. The van der Waals surface area contributed by atoms with E-state index in [9.17, 15) is 4.79 Å². The standard InChI is InChI=1S/C23H25N5O2/c1-16-8-9-20(30-2)19(14-16)27-23(29)26-18-7-5-6-17(15-18)21-22(25-11-10-24-21)28-12-3-4-13-28/h5-11,14-15H,3-4,12-13H2,1-2H3,(H2,26,27,29). The lowest BCUT2D eigenvalue weighted by atomic mass is 10.1. The molecule has 3 aromatic rings. The van der Waals surface area contributed by atoms with Gasteiger partial charge in [0.15, 0.2) is 5.82 Å². The van der Waals surface area contributed by atoms with Crippen LogP contribution in [0.4, 0.5) is 22.0 Å². The Labute approximate surface area is 176 Å². The molecule has 1 aliphatic rings. The number of urea groups is 1. The number of amides is 2. The number of nitrogens with one attached hydrogen (secondary N) is 2. The summed E-state index contributed by atoms with van der Waals surface area (Å²) in [5.74, 6) is 1.50. The Balaban J connectivity index is 1.54. The third kappa shape index (κ3) is 4.35. The van der Waals surface area contributed by atoms with Crippen molar-refractivity contribution in [1.29, 1.82) is 0 Å². The van der Waals surface area contributed by atoms with Crippen molar-refractivity contribution < 1.29 is 9.53 Å². The molecule has 1 aromatic heterocycles. The van der Waals surface area contributed by atoms with Crippen molar-refractivity contribution in [2.24, 2.45) is 0 Å². The second-order valence-electron chi connectivity index (χ2n) is 7.29. The summed E-state index contributed by atoms with van der Waals surface area (Å²) in [4.78, 5) is 24.0. The van der Waals surface area contributed by atoms with Gasteiger partial charge in [-0.05, 0) is 49.6 Å². The molecule has 2 heterocycles. The molecule has 2 amide bonds. The lowest BCUT2D eigenvalue weighted by molar-refractivity contribution is 0.262. The summed E-state index contributed by atoms with van der Waals surface area (Å²) in [5.41, 5.74) is 4.07. The topological polar surface area (TPSA) is 79.4 Å². The Hall–Kier alpha value is -3.61. The molecular formula is C23H25N5O2. The van der Waals surface area contributed by atoms with Crippen LogP contribution in [-0.4, -0.2) is 36.2 Å². The van der Waals surface area contributed by atoms with Gasteiger partial charge in [-0.15, -0.1) is 0 Å². The molecule has 7 heteroatoms. The highest BCUT2D eigenvalue weighted by molar-refractivity contribution is 6.01. The highest BCUT2D eigenvalue weighted by Gasteiger charge is 2.19. The average Bonchev–Trinajstić information content (AvgIpc) is 3.29. The Bertz CT molecular complexity index is 1050. The number of nitrogens with zero attached hydrogens (tertiary/aromatic N) is 3. The van der Waals surface area contributed by atoms with Gasteiger partial charge in [-0.3, -0.25) is 4.98 Å². The van der Waals surface area contributed by atoms with Crippen LogP contribution in [0, 0.1) is 6.92 Å². The van der Waals surface area contributed by atoms with Gasteiger partial charge < -0.3 is 20.3 Å². The molecule has 0 saturated carbocycles. The molecule has 1 saturated heterocycles. The Morgan fingerprint density at radius 1 is 1.03 bits per heavy atom. The van der Waals surface area contributed by atoms with Gasteiger partial charge in [-0.1, -0.05) is 18.2 Å². The SMILES string of the molecule is COc1ccc(C)cc1NC(=O)Nc1cccc(-c2nccnc2N2CCCC2)c1. The van der Waals surface area contributed by atoms with Gasteiger partial charge in [0.1, 0.15) is 11.4 Å². The fourth-order valence-corrected chi connectivity index (χ4v) is 3.64. The van der Waals surface area contributed by atoms with E-state index in [0.717, 1.165) is 35.7 Å². The maximum atomic E-state index is 12.6. The molecule has 7 nitrogen and oxygen atoms in total. The molecular weight excluding hydrogens is 378 g/mol. The van der Waals surface area contributed by atoms with Crippen LogP contribution in [0.25, 0.3) is 11.3 Å². The molecule has 0 aliphatic carbocycles. The molecule has 0 bridgehead atoms. The number of methoxy groups -OCH3 is 1. The number of anilines is 3. The van der Waals surface area contributed by atoms with Crippen molar-refractivity contribution in [3.63, 3.8) is 0 Å². The van der Waals surface area contributed by atoms with Crippen LogP contribution in [0.5, 0.6) is 5.75 Å². The first-order chi connectivity index (χ1) is 14.6. The quantitative estimate of drug-likeness (QED) is 0.645. The van der Waals surface area contributed by atoms with Crippen LogP contribution in [-0.2, 0) is 0 Å². The van der Waals surface area contributed by atoms with Crippen LogP contribution in [0.1, 0.15) is 18.4 Å². The maximum absolute atomic E-state index is 12.6. The third-order valence-corrected chi connectivity index (χ3v) is 5.08. The zero-order valence-corrected chi connectivity index (χ0v) is 17.2. The van der Waals surface area contributed by atoms with E-state index in [1.807, 2.05) is 49.4 Å². The van der Waals surface area contributed by atoms with E-state index in [1.165, 1.54) is 12.8 Å². The van der Waals surface area contributed by atoms with Gasteiger partial charge in [0.2, 0.25) is 0 Å². The van der Waals surface area contributed by atoms with E-state index in [-0.39, 0.29) is 6.03 Å². The highest BCUT2D eigenvalue weighted by atomic mass is 16.5. The lowest BCUT2D eigenvalue weighted by Gasteiger charge is -2.19. The number of aryl methyl sites for hydroxylation is 1. The van der Waals surface area contributed by atoms with Gasteiger partial charge in [-0.25, -0.2) is 9.78 Å². The number of hydrogen-bond acceptors (Lipinski definition) is 5. The monoisotopic (exact) mass is 403 g/mol. The summed E-state index contributed by atoms with van der Waals surface area (Å²) in [5, 5.41) is 5.75. The molecule has 1 fully saturated rings. The van der Waals surface area contributed by atoms with Crippen molar-refractivity contribution in [3.8, 4) is 17.0 Å². The number of ether oxygens (including phenoxy) is 1. The van der Waals surface area contributed by atoms with E-state index in [4.69, 9.17) is 4.74 Å². The number of carbonyl (C=O) groups is 1. The summed E-state index contributed by atoms with van der Waals surface area (Å²) in [7, 11) is 1.58. The van der Waals surface area contributed by atoms with E-state index in [1.54, 1.807) is 19.5 Å². The van der Waals surface area contributed by atoms with Gasteiger partial charge in [0.25, 0.3) is 0 Å². The zero-order valence-electron chi connectivity index (χ0n) is 17.2. The number of carbonyl (C=O) groups excluding carboxylic acids is 1. The molecule has 0 unspecified atom stereocenters. The summed E-state index contributed by atoms with van der Waals surface area (Å²) < 4.78 is 5.33. The summed E-state index contributed by atoms with van der Waals surface area (Å²) in [6.07, 6.45) is 5.76. The maximum Gasteiger partial charge on any atom is 0.323 e. The van der Waals surface area contributed by atoms with Gasteiger partial charge in [0, 0.05) is 36.7 Å².